The Kier molecular flexibility index (Phi) is 7.07. The number of halogens is 3. The van der Waals surface area contributed by atoms with Crippen LogP contribution in [0.5, 0.6) is 0 Å². The number of aryl methyl sites for hydroxylation is 1. The van der Waals surface area contributed by atoms with Crippen LogP contribution in [-0.2, 0) is 11.0 Å². The topological polar surface area (TPSA) is 76.0 Å². The van der Waals surface area contributed by atoms with E-state index in [1.165, 1.54) is 18.4 Å². The number of aromatic amines is 1. The molecule has 0 radical (unpaired) electrons. The molecule has 29 heavy (non-hydrogen) atoms. The van der Waals surface area contributed by atoms with Gasteiger partial charge in [-0.15, -0.1) is 0 Å². The molecule has 2 heterocycles. The Labute approximate surface area is 181 Å². The number of benzene rings is 2. The van der Waals surface area contributed by atoms with Gasteiger partial charge in [0.1, 0.15) is 16.9 Å². The number of rotatable bonds is 4. The van der Waals surface area contributed by atoms with Crippen molar-refractivity contribution in [2.45, 2.75) is 26.2 Å². The molecule has 0 unspecified atom stereocenters. The molecule has 0 saturated heterocycles. The number of furan rings is 1. The lowest BCUT2D eigenvalue weighted by Gasteiger charge is -2.03. The summed E-state index contributed by atoms with van der Waals surface area (Å²) < 4.78 is 15.1. The first-order valence-electron chi connectivity index (χ1n) is 8.96. The first-order chi connectivity index (χ1) is 13.8. The van der Waals surface area contributed by atoms with Gasteiger partial charge in [0.2, 0.25) is 5.58 Å². The number of H-pyrrole nitrogens is 1. The zero-order chi connectivity index (χ0) is 21.0. The molecular weight excluding hydrogens is 454 g/mol. The fourth-order valence-corrected chi connectivity index (χ4v) is 2.95. The largest absolute Gasteiger partial charge is 0.449 e. The van der Waals surface area contributed by atoms with Gasteiger partial charge in [0.25, 0.3) is 5.56 Å². The van der Waals surface area contributed by atoms with Gasteiger partial charge in [-0.1, -0.05) is 49.7 Å². The maximum absolute atomic E-state index is 12.4. The van der Waals surface area contributed by atoms with E-state index in [-0.39, 0.29) is 11.1 Å². The average Bonchev–Trinajstić information content (AvgIpc) is 3.05. The minimum absolute atomic E-state index is 0.249. The summed E-state index contributed by atoms with van der Waals surface area (Å²) in [5.41, 5.74) is 3.52. The highest BCUT2D eigenvalue weighted by Crippen LogP contribution is 2.61. The Balaban J connectivity index is 0.000000431. The molecule has 0 amide bonds. The van der Waals surface area contributed by atoms with E-state index in [0.717, 1.165) is 17.4 Å². The van der Waals surface area contributed by atoms with Crippen LogP contribution in [0.25, 0.3) is 33.5 Å². The van der Waals surface area contributed by atoms with Crippen molar-refractivity contribution in [2.75, 3.05) is 0 Å². The minimum atomic E-state index is -3.22. The lowest BCUT2D eigenvalue weighted by atomic mass is 10.1. The van der Waals surface area contributed by atoms with Gasteiger partial charge in [-0.2, -0.15) is 0 Å². The van der Waals surface area contributed by atoms with Gasteiger partial charge in [-0.25, -0.2) is 4.98 Å². The van der Waals surface area contributed by atoms with E-state index < -0.39 is 5.20 Å². The second-order valence-corrected chi connectivity index (χ2v) is 13.0. The zero-order valence-corrected chi connectivity index (χ0v) is 18.7. The summed E-state index contributed by atoms with van der Waals surface area (Å²) in [6.45, 7) is 2.19. The van der Waals surface area contributed by atoms with Gasteiger partial charge in [0.05, 0.1) is 0 Å². The molecule has 0 atom stereocenters. The Morgan fingerprint density at radius 1 is 1.07 bits per heavy atom. The van der Waals surface area contributed by atoms with E-state index in [2.05, 4.69) is 62.7 Å². The minimum Gasteiger partial charge on any atom is -0.449 e. The molecule has 4 rings (SSSR count). The van der Waals surface area contributed by atoms with Crippen molar-refractivity contribution in [3.63, 3.8) is 0 Å². The van der Waals surface area contributed by atoms with E-state index >= 15 is 0 Å². The van der Waals surface area contributed by atoms with Gasteiger partial charge in [-0.3, -0.25) is 9.36 Å². The fraction of sp³-hybridized carbons (Fsp3) is 0.200. The molecule has 9 heteroatoms. The van der Waals surface area contributed by atoms with Crippen LogP contribution < -0.4 is 5.56 Å². The highest BCUT2D eigenvalue weighted by atomic mass is 36.0. The molecule has 0 saturated carbocycles. The van der Waals surface area contributed by atoms with Crippen LogP contribution in [0.1, 0.15) is 25.3 Å². The van der Waals surface area contributed by atoms with Crippen LogP contribution in [0.15, 0.2) is 57.7 Å². The molecule has 4 aromatic rings. The van der Waals surface area contributed by atoms with Crippen molar-refractivity contribution in [2.24, 2.45) is 0 Å². The molecule has 0 bridgehead atoms. The van der Waals surface area contributed by atoms with Gasteiger partial charge >= 0.3 is 5.20 Å². The third-order valence-electron chi connectivity index (χ3n) is 4.28. The Bertz CT molecular complexity index is 1220. The lowest BCUT2D eigenvalue weighted by Crippen LogP contribution is -2.08. The molecular formula is C20H18Cl3N2O3P. The first-order valence-corrected chi connectivity index (χ1v) is 13.4. The third-order valence-corrected chi connectivity index (χ3v) is 4.28. The van der Waals surface area contributed by atoms with Crippen molar-refractivity contribution in [3.8, 4) is 11.4 Å². The standard InChI is InChI=1S/C20H18N2O2.Cl3OP/c1-2-3-6-13-9-11-14(12-10-13)19-21-17-15-7-4-5-8-16(15)24-18(17)20(23)22-19;1-5(2,3)4/h4-5,7-12H,2-3,6H2,1H3,(H,21,22,23);. The highest BCUT2D eigenvalue weighted by Gasteiger charge is 2.13. The fourth-order valence-electron chi connectivity index (χ4n) is 2.95. The summed E-state index contributed by atoms with van der Waals surface area (Å²) in [5.74, 6) is 0.570. The van der Waals surface area contributed by atoms with Crippen molar-refractivity contribution in [1.82, 2.24) is 9.97 Å². The van der Waals surface area contributed by atoms with Gasteiger partial charge in [-0.05, 0) is 64.3 Å². The first kappa shape index (κ1) is 21.9. The summed E-state index contributed by atoms with van der Waals surface area (Å²) in [7, 11) is 0. The number of unbranched alkanes of at least 4 members (excludes halogenated alkanes) is 1. The maximum Gasteiger partial charge on any atom is 0.339 e. The van der Waals surface area contributed by atoms with Crippen molar-refractivity contribution >= 4 is 61.0 Å². The van der Waals surface area contributed by atoms with Crippen LogP contribution >= 0.6 is 38.9 Å². The van der Waals surface area contributed by atoms with Crippen molar-refractivity contribution < 1.29 is 8.98 Å². The molecule has 5 nitrogen and oxygen atoms in total. The second-order valence-electron chi connectivity index (χ2n) is 6.39. The van der Waals surface area contributed by atoms with Gasteiger partial charge in [0.15, 0.2) is 0 Å². The number of hydrogen-bond acceptors (Lipinski definition) is 4. The van der Waals surface area contributed by atoms with E-state index in [9.17, 15) is 9.36 Å². The molecule has 0 aliphatic heterocycles. The molecule has 152 valence electrons. The zero-order valence-electron chi connectivity index (χ0n) is 15.5. The van der Waals surface area contributed by atoms with E-state index in [1.54, 1.807) is 0 Å². The number of hydrogen-bond donors (Lipinski definition) is 1. The molecule has 0 spiro atoms. The van der Waals surface area contributed by atoms with Crippen LogP contribution in [0.4, 0.5) is 0 Å². The molecule has 0 aliphatic rings. The highest BCUT2D eigenvalue weighted by molar-refractivity contribution is 8.24. The number of fused-ring (bicyclic) bond motifs is 3. The van der Waals surface area contributed by atoms with E-state index in [0.29, 0.717) is 16.9 Å². The van der Waals surface area contributed by atoms with Crippen molar-refractivity contribution in [3.05, 3.63) is 64.4 Å². The maximum atomic E-state index is 12.4. The van der Waals surface area contributed by atoms with E-state index in [1.807, 2.05) is 36.4 Å². The Morgan fingerprint density at radius 3 is 2.38 bits per heavy atom. The summed E-state index contributed by atoms with van der Waals surface area (Å²) in [6, 6.07) is 15.8. The lowest BCUT2D eigenvalue weighted by molar-refractivity contribution is 0.600. The van der Waals surface area contributed by atoms with Crippen LogP contribution in [0.3, 0.4) is 0 Å². The van der Waals surface area contributed by atoms with Gasteiger partial charge < -0.3 is 9.40 Å². The SMILES string of the molecule is CCCCc1ccc(-c2nc3c(oc4ccccc43)c(=O)[nH]2)cc1.O=P(Cl)(Cl)Cl. The number of aromatic nitrogens is 2. The quantitative estimate of drug-likeness (QED) is 0.313. The number of nitrogens with one attached hydrogen (secondary N) is 1. The molecule has 1 N–H and O–H groups in total. The Morgan fingerprint density at radius 2 is 1.72 bits per heavy atom. The Hall–Kier alpha value is -1.78. The van der Waals surface area contributed by atoms with E-state index in [4.69, 9.17) is 4.42 Å². The number of nitrogens with zero attached hydrogens (tertiary/aromatic N) is 1. The predicted molar refractivity (Wildman–Crippen MR) is 121 cm³/mol. The monoisotopic (exact) mass is 470 g/mol. The molecule has 0 fully saturated rings. The summed E-state index contributed by atoms with van der Waals surface area (Å²) >= 11 is 13.8. The van der Waals surface area contributed by atoms with Gasteiger partial charge in [0, 0.05) is 10.9 Å². The summed E-state index contributed by atoms with van der Waals surface area (Å²) in [5, 5.41) is -2.36. The van der Waals surface area contributed by atoms with Crippen LogP contribution in [0.2, 0.25) is 0 Å². The van der Waals surface area contributed by atoms with Crippen molar-refractivity contribution in [1.29, 1.82) is 0 Å². The summed E-state index contributed by atoms with van der Waals surface area (Å²) in [6.07, 6.45) is 3.44. The average molecular weight is 472 g/mol. The third kappa shape index (κ3) is 5.86. The number of para-hydroxylation sites is 1. The summed E-state index contributed by atoms with van der Waals surface area (Å²) in [4.78, 5) is 19.8. The molecule has 2 aromatic heterocycles. The predicted octanol–water partition coefficient (Wildman–Crippen LogP) is 7.49. The molecule has 0 aliphatic carbocycles. The second kappa shape index (κ2) is 9.36. The van der Waals surface area contributed by atoms with Crippen LogP contribution in [-0.4, -0.2) is 9.97 Å². The normalized spacial score (nSPS) is 11.4. The molecule has 2 aromatic carbocycles. The van der Waals surface area contributed by atoms with Crippen LogP contribution in [0, 0.1) is 0 Å². The smallest absolute Gasteiger partial charge is 0.339 e.